The van der Waals surface area contributed by atoms with Gasteiger partial charge in [0.15, 0.2) is 0 Å². The average molecular weight is 339 g/mol. The minimum atomic E-state index is -0.699. The second-order valence-corrected chi connectivity index (χ2v) is 5.73. The van der Waals surface area contributed by atoms with Gasteiger partial charge in [-0.3, -0.25) is 9.36 Å². The lowest BCUT2D eigenvalue weighted by atomic mass is 10.1. The molecule has 0 bridgehead atoms. The summed E-state index contributed by atoms with van der Waals surface area (Å²) in [6, 6.07) is 7.22. The molecule has 1 heterocycles. The minimum absolute atomic E-state index is 0.126. The fourth-order valence-electron chi connectivity index (χ4n) is 2.11. The standard InChI is InChI=1S/C15H19ClN4O3/c1-19-10-18-20(15(19)23)6-5-14(22)17-9-13(21)8-11-3-2-4-12(16)7-11/h2-4,7,10,13,21H,5-6,8-9H2,1H3,(H,17,22). The highest BCUT2D eigenvalue weighted by molar-refractivity contribution is 6.30. The van der Waals surface area contributed by atoms with Crippen molar-refractivity contribution in [3.63, 3.8) is 0 Å². The molecule has 1 atom stereocenters. The lowest BCUT2D eigenvalue weighted by Crippen LogP contribution is -2.34. The van der Waals surface area contributed by atoms with Crippen LogP contribution in [-0.4, -0.2) is 38.0 Å². The van der Waals surface area contributed by atoms with Crippen molar-refractivity contribution in [2.45, 2.75) is 25.5 Å². The zero-order chi connectivity index (χ0) is 16.8. The normalized spacial score (nSPS) is 12.1. The van der Waals surface area contributed by atoms with Crippen molar-refractivity contribution >= 4 is 17.5 Å². The van der Waals surface area contributed by atoms with Crippen molar-refractivity contribution in [2.75, 3.05) is 6.54 Å². The van der Waals surface area contributed by atoms with Gasteiger partial charge in [-0.15, -0.1) is 0 Å². The Morgan fingerprint density at radius 3 is 2.91 bits per heavy atom. The lowest BCUT2D eigenvalue weighted by molar-refractivity contribution is -0.121. The van der Waals surface area contributed by atoms with Crippen molar-refractivity contribution in [1.29, 1.82) is 0 Å². The summed E-state index contributed by atoms with van der Waals surface area (Å²) in [6.07, 6.45) is 1.23. The van der Waals surface area contributed by atoms with Crippen LogP contribution in [0.4, 0.5) is 0 Å². The van der Waals surface area contributed by atoms with Crippen LogP contribution >= 0.6 is 11.6 Å². The summed E-state index contributed by atoms with van der Waals surface area (Å²) in [5, 5.41) is 17.1. The highest BCUT2D eigenvalue weighted by Crippen LogP contribution is 2.12. The summed E-state index contributed by atoms with van der Waals surface area (Å²) in [5.74, 6) is -0.243. The number of amides is 1. The number of benzene rings is 1. The van der Waals surface area contributed by atoms with E-state index in [1.54, 1.807) is 19.2 Å². The van der Waals surface area contributed by atoms with Crippen LogP contribution < -0.4 is 11.0 Å². The molecule has 2 N–H and O–H groups in total. The van der Waals surface area contributed by atoms with Crippen LogP contribution in [0.15, 0.2) is 35.4 Å². The Labute approximate surface area is 138 Å². The highest BCUT2D eigenvalue weighted by Gasteiger charge is 2.10. The third-order valence-electron chi connectivity index (χ3n) is 3.33. The van der Waals surface area contributed by atoms with Crippen molar-refractivity contribution in [3.05, 3.63) is 51.7 Å². The maximum atomic E-state index is 11.8. The molecule has 0 aliphatic rings. The molecular formula is C15H19ClN4O3. The number of hydrogen-bond acceptors (Lipinski definition) is 4. The highest BCUT2D eigenvalue weighted by atomic mass is 35.5. The number of carbonyl (C=O) groups is 1. The number of halogens is 1. The topological polar surface area (TPSA) is 89.2 Å². The molecule has 124 valence electrons. The summed E-state index contributed by atoms with van der Waals surface area (Å²) in [7, 11) is 1.60. The molecule has 0 spiro atoms. The minimum Gasteiger partial charge on any atom is -0.391 e. The van der Waals surface area contributed by atoms with E-state index in [9.17, 15) is 14.7 Å². The van der Waals surface area contributed by atoms with E-state index in [0.29, 0.717) is 11.4 Å². The van der Waals surface area contributed by atoms with E-state index >= 15 is 0 Å². The molecule has 1 aromatic carbocycles. The predicted octanol–water partition coefficient (Wildman–Crippen LogP) is 0.345. The summed E-state index contributed by atoms with van der Waals surface area (Å²) in [6.45, 7) is 0.346. The van der Waals surface area contributed by atoms with Gasteiger partial charge in [0.2, 0.25) is 5.91 Å². The molecule has 0 saturated carbocycles. The molecule has 0 aliphatic carbocycles. The van der Waals surface area contributed by atoms with E-state index < -0.39 is 6.10 Å². The molecule has 23 heavy (non-hydrogen) atoms. The van der Waals surface area contributed by atoms with Gasteiger partial charge in [0.05, 0.1) is 12.6 Å². The Bertz CT molecular complexity index is 726. The van der Waals surface area contributed by atoms with Gasteiger partial charge in [0.25, 0.3) is 0 Å². The smallest absolute Gasteiger partial charge is 0.345 e. The fraction of sp³-hybridized carbons (Fsp3) is 0.400. The Balaban J connectivity index is 1.73. The number of aliphatic hydroxyl groups excluding tert-OH is 1. The molecule has 1 aromatic heterocycles. The number of nitrogens with zero attached hydrogens (tertiary/aromatic N) is 3. The SMILES string of the molecule is Cn1cnn(CCC(=O)NCC(O)Cc2cccc(Cl)c2)c1=O. The Morgan fingerprint density at radius 1 is 1.48 bits per heavy atom. The van der Waals surface area contributed by atoms with Gasteiger partial charge in [0, 0.05) is 31.5 Å². The van der Waals surface area contributed by atoms with E-state index in [0.717, 1.165) is 5.56 Å². The van der Waals surface area contributed by atoms with Crippen molar-refractivity contribution in [3.8, 4) is 0 Å². The van der Waals surface area contributed by atoms with Gasteiger partial charge in [-0.05, 0) is 17.7 Å². The van der Waals surface area contributed by atoms with Crippen LogP contribution in [0.5, 0.6) is 0 Å². The van der Waals surface area contributed by atoms with E-state index in [-0.39, 0.29) is 31.1 Å². The first-order chi connectivity index (χ1) is 11.0. The van der Waals surface area contributed by atoms with Crippen LogP contribution in [0.25, 0.3) is 0 Å². The van der Waals surface area contributed by atoms with Gasteiger partial charge in [0.1, 0.15) is 6.33 Å². The molecule has 7 nitrogen and oxygen atoms in total. The second-order valence-electron chi connectivity index (χ2n) is 5.29. The van der Waals surface area contributed by atoms with Gasteiger partial charge in [-0.1, -0.05) is 23.7 Å². The first-order valence-electron chi connectivity index (χ1n) is 7.23. The number of aryl methyl sites for hydroxylation is 2. The second kappa shape index (κ2) is 7.94. The molecule has 8 heteroatoms. The quantitative estimate of drug-likeness (QED) is 0.762. The lowest BCUT2D eigenvalue weighted by Gasteiger charge is -2.12. The number of rotatable bonds is 7. The monoisotopic (exact) mass is 338 g/mol. The Hall–Kier alpha value is -2.12. The average Bonchev–Trinajstić information content (AvgIpc) is 2.82. The maximum absolute atomic E-state index is 11.8. The van der Waals surface area contributed by atoms with E-state index in [1.165, 1.54) is 15.6 Å². The summed E-state index contributed by atoms with van der Waals surface area (Å²) < 4.78 is 2.56. The largest absolute Gasteiger partial charge is 0.391 e. The molecule has 0 saturated heterocycles. The molecule has 0 aliphatic heterocycles. The Morgan fingerprint density at radius 2 is 2.26 bits per heavy atom. The maximum Gasteiger partial charge on any atom is 0.345 e. The van der Waals surface area contributed by atoms with Gasteiger partial charge < -0.3 is 10.4 Å². The zero-order valence-corrected chi connectivity index (χ0v) is 13.5. The number of aliphatic hydroxyl groups is 1. The van der Waals surface area contributed by atoms with Crippen LogP contribution in [0, 0.1) is 0 Å². The number of carbonyl (C=O) groups excluding carboxylic acids is 1. The zero-order valence-electron chi connectivity index (χ0n) is 12.8. The van der Waals surface area contributed by atoms with Crippen LogP contribution in [0.3, 0.4) is 0 Å². The molecule has 2 aromatic rings. The summed E-state index contributed by atoms with van der Waals surface area (Å²) in [4.78, 5) is 23.3. The van der Waals surface area contributed by atoms with Crippen LogP contribution in [0.1, 0.15) is 12.0 Å². The van der Waals surface area contributed by atoms with E-state index in [4.69, 9.17) is 11.6 Å². The van der Waals surface area contributed by atoms with Crippen molar-refractivity contribution in [1.82, 2.24) is 19.7 Å². The fourth-order valence-corrected chi connectivity index (χ4v) is 2.32. The van der Waals surface area contributed by atoms with Gasteiger partial charge in [-0.2, -0.15) is 5.10 Å². The molecule has 2 rings (SSSR count). The third kappa shape index (κ3) is 5.22. The summed E-state index contributed by atoms with van der Waals surface area (Å²) in [5.41, 5.74) is 0.637. The summed E-state index contributed by atoms with van der Waals surface area (Å²) >= 11 is 5.88. The van der Waals surface area contributed by atoms with E-state index in [2.05, 4.69) is 10.4 Å². The van der Waals surface area contributed by atoms with Gasteiger partial charge in [-0.25, -0.2) is 9.48 Å². The first-order valence-corrected chi connectivity index (χ1v) is 7.61. The molecule has 0 fully saturated rings. The third-order valence-corrected chi connectivity index (χ3v) is 3.57. The van der Waals surface area contributed by atoms with E-state index in [1.807, 2.05) is 12.1 Å². The van der Waals surface area contributed by atoms with Crippen LogP contribution in [0.2, 0.25) is 5.02 Å². The molecule has 1 amide bonds. The number of hydrogen-bond donors (Lipinski definition) is 2. The molecule has 0 radical (unpaired) electrons. The predicted molar refractivity (Wildman–Crippen MR) is 86.3 cm³/mol. The van der Waals surface area contributed by atoms with Crippen LogP contribution in [-0.2, 0) is 24.8 Å². The van der Waals surface area contributed by atoms with Crippen molar-refractivity contribution in [2.24, 2.45) is 7.05 Å². The molecular weight excluding hydrogens is 320 g/mol. The number of nitrogens with one attached hydrogen (secondary N) is 1. The Kier molecular flexibility index (Phi) is 5.95. The van der Waals surface area contributed by atoms with Crippen molar-refractivity contribution < 1.29 is 9.90 Å². The number of aromatic nitrogens is 3. The van der Waals surface area contributed by atoms with Gasteiger partial charge >= 0.3 is 5.69 Å². The molecule has 1 unspecified atom stereocenters. The first kappa shape index (κ1) is 17.2.